The Labute approximate surface area is 184 Å². The van der Waals surface area contributed by atoms with E-state index in [4.69, 9.17) is 0 Å². The molecule has 0 aliphatic carbocycles. The molecule has 0 bridgehead atoms. The molecule has 5 aromatic rings. The molecule has 0 spiro atoms. The maximum atomic E-state index is 13.0. The van der Waals surface area contributed by atoms with Gasteiger partial charge < -0.3 is 15.2 Å². The Hall–Kier alpha value is -4.39. The Morgan fingerprint density at radius 3 is 2.31 bits per heavy atom. The molecule has 0 radical (unpaired) electrons. The van der Waals surface area contributed by atoms with Crippen molar-refractivity contribution in [2.45, 2.75) is 6.92 Å². The lowest BCUT2D eigenvalue weighted by atomic mass is 10.2. The molecule has 2 aromatic carbocycles. The molecular formula is C25H21N5O2. The zero-order chi connectivity index (χ0) is 22.2. The van der Waals surface area contributed by atoms with Gasteiger partial charge in [-0.3, -0.25) is 14.0 Å². The number of hydrogen-bond donors (Lipinski definition) is 2. The van der Waals surface area contributed by atoms with Crippen molar-refractivity contribution in [3.05, 3.63) is 101 Å². The quantitative estimate of drug-likeness (QED) is 0.446. The lowest BCUT2D eigenvalue weighted by molar-refractivity contribution is 0.101. The van der Waals surface area contributed by atoms with Crippen LogP contribution in [0.5, 0.6) is 0 Å². The molecule has 0 saturated heterocycles. The van der Waals surface area contributed by atoms with Crippen molar-refractivity contribution in [1.29, 1.82) is 0 Å². The number of para-hydroxylation sites is 1. The monoisotopic (exact) mass is 423 g/mol. The number of pyridine rings is 1. The number of hydrogen-bond acceptors (Lipinski definition) is 4. The van der Waals surface area contributed by atoms with E-state index >= 15 is 0 Å². The van der Waals surface area contributed by atoms with Crippen LogP contribution in [0.2, 0.25) is 0 Å². The Bertz CT molecular complexity index is 1520. The summed E-state index contributed by atoms with van der Waals surface area (Å²) in [7, 11) is 1.74. The standard InChI is InChI=1S/C25H21N5O2/c1-16-7-6-14-30-22(16)28-23-20(25(30)32)15-21(29(23)2)24(31)27-19-12-10-18(11-13-19)26-17-8-4-3-5-9-17/h3-15,26H,1-2H3,(H,27,31). The van der Waals surface area contributed by atoms with Crippen molar-refractivity contribution in [3.63, 3.8) is 0 Å². The summed E-state index contributed by atoms with van der Waals surface area (Å²) in [5.41, 5.74) is 4.69. The fourth-order valence-corrected chi connectivity index (χ4v) is 3.77. The topological polar surface area (TPSA) is 80.4 Å². The van der Waals surface area contributed by atoms with Gasteiger partial charge in [-0.05, 0) is 61.0 Å². The molecule has 2 N–H and O–H groups in total. The molecule has 7 nitrogen and oxygen atoms in total. The van der Waals surface area contributed by atoms with Crippen molar-refractivity contribution >= 4 is 39.6 Å². The zero-order valence-corrected chi connectivity index (χ0v) is 17.7. The molecule has 32 heavy (non-hydrogen) atoms. The molecule has 158 valence electrons. The van der Waals surface area contributed by atoms with Gasteiger partial charge in [0.25, 0.3) is 11.5 Å². The van der Waals surface area contributed by atoms with E-state index in [1.54, 1.807) is 23.9 Å². The molecule has 0 unspecified atom stereocenters. The van der Waals surface area contributed by atoms with Crippen LogP contribution in [-0.2, 0) is 7.05 Å². The van der Waals surface area contributed by atoms with Gasteiger partial charge in [-0.1, -0.05) is 24.3 Å². The molecular weight excluding hydrogens is 402 g/mol. The number of anilines is 3. The number of carbonyl (C=O) groups is 1. The largest absolute Gasteiger partial charge is 0.356 e. The molecule has 0 saturated carbocycles. The summed E-state index contributed by atoms with van der Waals surface area (Å²) in [6.07, 6.45) is 1.69. The third kappa shape index (κ3) is 3.39. The van der Waals surface area contributed by atoms with E-state index in [2.05, 4.69) is 15.6 Å². The number of fused-ring (bicyclic) bond motifs is 2. The second-order valence-electron chi connectivity index (χ2n) is 7.65. The average molecular weight is 423 g/mol. The lowest BCUT2D eigenvalue weighted by Gasteiger charge is -2.09. The highest BCUT2D eigenvalue weighted by Crippen LogP contribution is 2.21. The smallest absolute Gasteiger partial charge is 0.272 e. The van der Waals surface area contributed by atoms with Crippen LogP contribution in [0.15, 0.2) is 83.8 Å². The maximum absolute atomic E-state index is 13.0. The van der Waals surface area contributed by atoms with Crippen LogP contribution in [0.4, 0.5) is 17.1 Å². The van der Waals surface area contributed by atoms with Gasteiger partial charge in [-0.2, -0.15) is 0 Å². The third-order valence-corrected chi connectivity index (χ3v) is 5.46. The maximum Gasteiger partial charge on any atom is 0.272 e. The Balaban J connectivity index is 1.43. The normalized spacial score (nSPS) is 11.1. The number of aryl methyl sites for hydroxylation is 2. The number of carbonyl (C=O) groups excluding carboxylic acids is 1. The predicted octanol–water partition coefficient (Wildman–Crippen LogP) is 4.49. The van der Waals surface area contributed by atoms with Crippen LogP contribution >= 0.6 is 0 Å². The SMILES string of the molecule is Cc1cccn2c(=O)c3cc(C(=O)Nc4ccc(Nc5ccccc5)cc4)n(C)c3nc12. The summed E-state index contributed by atoms with van der Waals surface area (Å²) < 4.78 is 3.17. The summed E-state index contributed by atoms with van der Waals surface area (Å²) in [6, 6.07) is 22.6. The second-order valence-corrected chi connectivity index (χ2v) is 7.65. The van der Waals surface area contributed by atoms with Crippen molar-refractivity contribution in [2.24, 2.45) is 7.05 Å². The van der Waals surface area contributed by atoms with Gasteiger partial charge in [0, 0.05) is 30.3 Å². The Morgan fingerprint density at radius 1 is 0.875 bits per heavy atom. The van der Waals surface area contributed by atoms with Crippen LogP contribution in [0.3, 0.4) is 0 Å². The third-order valence-electron chi connectivity index (χ3n) is 5.46. The zero-order valence-electron chi connectivity index (χ0n) is 17.7. The second kappa shape index (κ2) is 7.70. The molecule has 3 aromatic heterocycles. The minimum absolute atomic E-state index is 0.195. The van der Waals surface area contributed by atoms with E-state index in [-0.39, 0.29) is 11.5 Å². The summed E-state index contributed by atoms with van der Waals surface area (Å²) >= 11 is 0. The molecule has 0 aliphatic heterocycles. The van der Waals surface area contributed by atoms with Crippen LogP contribution < -0.4 is 16.2 Å². The minimum atomic E-state index is -0.306. The number of nitrogens with one attached hydrogen (secondary N) is 2. The van der Waals surface area contributed by atoms with Crippen molar-refractivity contribution in [1.82, 2.24) is 14.0 Å². The summed E-state index contributed by atoms with van der Waals surface area (Å²) in [4.78, 5) is 30.5. The highest BCUT2D eigenvalue weighted by atomic mass is 16.2. The van der Waals surface area contributed by atoms with Gasteiger partial charge in [0.05, 0.1) is 5.39 Å². The van der Waals surface area contributed by atoms with Gasteiger partial charge in [0.15, 0.2) is 0 Å². The molecule has 1 amide bonds. The molecule has 5 rings (SSSR count). The average Bonchev–Trinajstić information content (AvgIpc) is 3.14. The molecule has 7 heteroatoms. The van der Waals surface area contributed by atoms with Crippen LogP contribution in [0, 0.1) is 6.92 Å². The number of rotatable bonds is 4. The number of benzene rings is 2. The summed E-state index contributed by atoms with van der Waals surface area (Å²) in [5, 5.41) is 6.61. The number of nitrogens with zero attached hydrogens (tertiary/aromatic N) is 3. The van der Waals surface area contributed by atoms with Crippen LogP contribution in [-0.4, -0.2) is 19.9 Å². The van der Waals surface area contributed by atoms with E-state index < -0.39 is 0 Å². The summed E-state index contributed by atoms with van der Waals surface area (Å²) in [5.74, 6) is -0.306. The fraction of sp³-hybridized carbons (Fsp3) is 0.0800. The van der Waals surface area contributed by atoms with E-state index in [9.17, 15) is 9.59 Å². The van der Waals surface area contributed by atoms with Crippen molar-refractivity contribution in [3.8, 4) is 0 Å². The first-order chi connectivity index (χ1) is 15.5. The number of aromatic nitrogens is 3. The first-order valence-corrected chi connectivity index (χ1v) is 10.2. The van der Waals surface area contributed by atoms with Crippen LogP contribution in [0.25, 0.3) is 16.7 Å². The minimum Gasteiger partial charge on any atom is -0.356 e. The molecule has 0 atom stereocenters. The predicted molar refractivity (Wildman–Crippen MR) is 127 cm³/mol. The van der Waals surface area contributed by atoms with E-state index in [0.717, 1.165) is 16.9 Å². The van der Waals surface area contributed by atoms with E-state index in [1.165, 1.54) is 4.40 Å². The van der Waals surface area contributed by atoms with Gasteiger partial charge in [-0.15, -0.1) is 0 Å². The van der Waals surface area contributed by atoms with Gasteiger partial charge >= 0.3 is 0 Å². The first kappa shape index (κ1) is 19.6. The van der Waals surface area contributed by atoms with Gasteiger partial charge in [0.1, 0.15) is 17.0 Å². The van der Waals surface area contributed by atoms with Crippen LogP contribution in [0.1, 0.15) is 16.1 Å². The van der Waals surface area contributed by atoms with E-state index in [1.807, 2.05) is 73.7 Å². The first-order valence-electron chi connectivity index (χ1n) is 10.2. The lowest BCUT2D eigenvalue weighted by Crippen LogP contribution is -2.16. The van der Waals surface area contributed by atoms with Gasteiger partial charge in [-0.25, -0.2) is 4.98 Å². The van der Waals surface area contributed by atoms with Crippen molar-refractivity contribution < 1.29 is 4.79 Å². The Morgan fingerprint density at radius 2 is 1.56 bits per heavy atom. The molecule has 0 aliphatic rings. The summed E-state index contributed by atoms with van der Waals surface area (Å²) in [6.45, 7) is 1.90. The Kier molecular flexibility index (Phi) is 4.71. The molecule has 3 heterocycles. The number of amides is 1. The highest BCUT2D eigenvalue weighted by molar-refractivity contribution is 6.06. The fourth-order valence-electron chi connectivity index (χ4n) is 3.77. The van der Waals surface area contributed by atoms with E-state index in [0.29, 0.717) is 28.1 Å². The van der Waals surface area contributed by atoms with Crippen molar-refractivity contribution in [2.75, 3.05) is 10.6 Å². The highest BCUT2D eigenvalue weighted by Gasteiger charge is 2.18. The van der Waals surface area contributed by atoms with Gasteiger partial charge in [0.2, 0.25) is 0 Å². The molecule has 0 fully saturated rings.